The van der Waals surface area contributed by atoms with E-state index in [0.717, 1.165) is 30.7 Å². The third-order valence-electron chi connectivity index (χ3n) is 6.05. The number of hydrogen-bond donors (Lipinski definition) is 3. The number of nitrogen functional groups attached to an aromatic ring is 1. The summed E-state index contributed by atoms with van der Waals surface area (Å²) in [4.78, 5) is 21.3. The number of rotatable bonds is 3. The van der Waals surface area contributed by atoms with Crippen molar-refractivity contribution >= 4 is 33.8 Å². The first-order valence-corrected chi connectivity index (χ1v) is 10.2. The number of nitrogens with two attached hydrogens (primary N) is 1. The van der Waals surface area contributed by atoms with Crippen LogP contribution in [0.15, 0.2) is 60.9 Å². The van der Waals surface area contributed by atoms with Gasteiger partial charge in [0.15, 0.2) is 5.52 Å². The van der Waals surface area contributed by atoms with Gasteiger partial charge >= 0.3 is 5.95 Å². The number of imidazole rings is 1. The van der Waals surface area contributed by atoms with Crippen LogP contribution >= 0.6 is 0 Å². The van der Waals surface area contributed by atoms with E-state index >= 15 is 0 Å². The van der Waals surface area contributed by atoms with Crippen molar-refractivity contribution in [2.75, 3.05) is 17.2 Å². The molecular weight excluding hydrogens is 374 g/mol. The maximum Gasteiger partial charge on any atom is 0.344 e. The predicted molar refractivity (Wildman–Crippen MR) is 117 cm³/mol. The van der Waals surface area contributed by atoms with Crippen LogP contribution in [0.4, 0.5) is 11.8 Å². The molecule has 1 unspecified atom stereocenters. The summed E-state index contributed by atoms with van der Waals surface area (Å²) in [7, 11) is 0. The van der Waals surface area contributed by atoms with Gasteiger partial charge in [-0.25, -0.2) is 9.97 Å². The molecule has 0 bridgehead atoms. The number of nitrogens with zero attached hydrogens (tertiary/aromatic N) is 3. The number of benzene rings is 2. The summed E-state index contributed by atoms with van der Waals surface area (Å²) in [6.45, 7) is 0.875. The highest BCUT2D eigenvalue weighted by Crippen LogP contribution is 2.39. The normalized spacial score (nSPS) is 16.3. The molecule has 3 aromatic heterocycles. The zero-order valence-electron chi connectivity index (χ0n) is 16.4. The number of nitrogens with one attached hydrogen (secondary N) is 3. The Morgan fingerprint density at radius 3 is 2.83 bits per heavy atom. The smallest absolute Gasteiger partial charge is 0.344 e. The molecule has 0 amide bonds. The molecule has 7 heteroatoms. The zero-order chi connectivity index (χ0) is 20.1. The molecule has 30 heavy (non-hydrogen) atoms. The van der Waals surface area contributed by atoms with Crippen molar-refractivity contribution in [1.29, 1.82) is 0 Å². The Morgan fingerprint density at radius 2 is 1.93 bits per heavy atom. The molecule has 0 spiro atoms. The molecule has 1 aliphatic heterocycles. The van der Waals surface area contributed by atoms with Gasteiger partial charge in [-0.05, 0) is 17.2 Å². The number of hydrogen-bond acceptors (Lipinski definition) is 4. The molecule has 0 radical (unpaired) electrons. The van der Waals surface area contributed by atoms with Gasteiger partial charge < -0.3 is 15.7 Å². The largest absolute Gasteiger partial charge is 0.356 e. The van der Waals surface area contributed by atoms with E-state index in [9.17, 15) is 0 Å². The molecule has 1 aliphatic rings. The van der Waals surface area contributed by atoms with Crippen LogP contribution in [0.2, 0.25) is 0 Å². The van der Waals surface area contributed by atoms with Gasteiger partial charge in [-0.15, -0.1) is 0 Å². The summed E-state index contributed by atoms with van der Waals surface area (Å²) in [5.74, 6) is 1.30. The van der Waals surface area contributed by atoms with Crippen LogP contribution in [-0.4, -0.2) is 26.5 Å². The van der Waals surface area contributed by atoms with Gasteiger partial charge in [0.05, 0.1) is 18.6 Å². The second-order valence-electron chi connectivity index (χ2n) is 7.78. The summed E-state index contributed by atoms with van der Waals surface area (Å²) in [6.07, 6.45) is 3.50. The van der Waals surface area contributed by atoms with Gasteiger partial charge in [-0.3, -0.25) is 4.90 Å². The molecule has 0 fully saturated rings. The van der Waals surface area contributed by atoms with E-state index in [4.69, 9.17) is 5.73 Å². The van der Waals surface area contributed by atoms with Crippen LogP contribution < -0.4 is 15.6 Å². The molecule has 2 aromatic carbocycles. The van der Waals surface area contributed by atoms with Crippen LogP contribution in [0, 0.1) is 0 Å². The lowest BCUT2D eigenvalue weighted by atomic mass is 9.92. The summed E-state index contributed by atoms with van der Waals surface area (Å²) in [5, 5.41) is 1.31. The fourth-order valence-corrected chi connectivity index (χ4v) is 4.72. The first-order chi connectivity index (χ1) is 14.8. The quantitative estimate of drug-likeness (QED) is 0.436. The third kappa shape index (κ3) is 2.62. The fraction of sp³-hybridized carbons (Fsp3) is 0.174. The number of para-hydroxylation sites is 1. The Morgan fingerprint density at radius 1 is 1.10 bits per heavy atom. The van der Waals surface area contributed by atoms with Gasteiger partial charge in [0.2, 0.25) is 11.5 Å². The Balaban J connectivity index is 1.54. The number of H-pyrrole nitrogens is 3. The van der Waals surface area contributed by atoms with E-state index in [1.807, 2.05) is 0 Å². The van der Waals surface area contributed by atoms with Crippen molar-refractivity contribution in [3.8, 4) is 0 Å². The van der Waals surface area contributed by atoms with Gasteiger partial charge in [0.25, 0.3) is 0 Å². The molecule has 7 nitrogen and oxygen atoms in total. The lowest BCUT2D eigenvalue weighted by molar-refractivity contribution is -0.349. The van der Waals surface area contributed by atoms with Crippen molar-refractivity contribution in [2.45, 2.75) is 18.9 Å². The van der Waals surface area contributed by atoms with Crippen molar-refractivity contribution in [3.63, 3.8) is 0 Å². The molecule has 4 heterocycles. The minimum Gasteiger partial charge on any atom is -0.356 e. The molecule has 148 valence electrons. The van der Waals surface area contributed by atoms with Crippen molar-refractivity contribution in [2.24, 2.45) is 0 Å². The summed E-state index contributed by atoms with van der Waals surface area (Å²) >= 11 is 0. The molecular formula is C23H22N7+. The fourth-order valence-electron chi connectivity index (χ4n) is 4.72. The maximum atomic E-state index is 6.09. The van der Waals surface area contributed by atoms with Gasteiger partial charge in [-0.2, -0.15) is 0 Å². The summed E-state index contributed by atoms with van der Waals surface area (Å²) in [6, 6.07) is 19.3. The zero-order valence-corrected chi connectivity index (χ0v) is 16.4. The molecule has 0 saturated carbocycles. The van der Waals surface area contributed by atoms with Gasteiger partial charge in [0, 0.05) is 23.7 Å². The molecule has 0 saturated heterocycles. The van der Waals surface area contributed by atoms with E-state index < -0.39 is 0 Å². The average molecular weight is 396 g/mol. The highest BCUT2D eigenvalue weighted by atomic mass is 15.3. The van der Waals surface area contributed by atoms with Crippen LogP contribution in [0.5, 0.6) is 0 Å². The summed E-state index contributed by atoms with van der Waals surface area (Å²) in [5.41, 5.74) is 12.7. The topological polar surface area (TPSA) is 101 Å². The van der Waals surface area contributed by atoms with E-state index in [1.165, 1.54) is 27.7 Å². The van der Waals surface area contributed by atoms with E-state index in [-0.39, 0.29) is 6.04 Å². The van der Waals surface area contributed by atoms with Crippen LogP contribution in [-0.2, 0) is 12.8 Å². The number of anilines is 2. The first-order valence-electron chi connectivity index (χ1n) is 10.2. The molecule has 0 aliphatic carbocycles. The molecule has 6 rings (SSSR count). The maximum absolute atomic E-state index is 6.09. The number of aromatic nitrogens is 5. The number of fused-ring (bicyclic) bond motifs is 4. The van der Waals surface area contributed by atoms with Crippen molar-refractivity contribution in [3.05, 3.63) is 77.7 Å². The lowest BCUT2D eigenvalue weighted by Gasteiger charge is -2.34. The van der Waals surface area contributed by atoms with E-state index in [2.05, 4.69) is 84.4 Å². The first kappa shape index (κ1) is 17.0. The monoisotopic (exact) mass is 396 g/mol. The number of aromatic amines is 3. The summed E-state index contributed by atoms with van der Waals surface area (Å²) < 4.78 is 0. The minimum absolute atomic E-state index is 0.132. The highest BCUT2D eigenvalue weighted by Gasteiger charge is 2.35. The second kappa shape index (κ2) is 6.59. The van der Waals surface area contributed by atoms with Crippen molar-refractivity contribution < 1.29 is 4.98 Å². The van der Waals surface area contributed by atoms with Crippen molar-refractivity contribution in [1.82, 2.24) is 19.9 Å². The van der Waals surface area contributed by atoms with Gasteiger partial charge in [-0.1, -0.05) is 53.5 Å². The highest BCUT2D eigenvalue weighted by molar-refractivity contribution is 5.87. The van der Waals surface area contributed by atoms with E-state index in [0.29, 0.717) is 11.6 Å². The predicted octanol–water partition coefficient (Wildman–Crippen LogP) is 3.18. The standard InChI is InChI=1S/C23H21N7/c24-23-28-21-20(25-13-26-21)22(29-23)30-11-10-16-15-8-4-5-9-17(15)27-19(16)18(30)12-14-6-2-1-3-7-14/h1-9,13,18,27H,10-12H2,(H3,24,25,26,28,29)/p+1. The SMILES string of the molecule is Nc1nc2nc[nH]c2c(N2CCc3c([nH]c4ccccc34)C2Cc2ccccc2)[nH+]1. The Bertz CT molecular complexity index is 1350. The van der Waals surface area contributed by atoms with Crippen LogP contribution in [0.1, 0.15) is 22.9 Å². The second-order valence-corrected chi connectivity index (χ2v) is 7.78. The van der Waals surface area contributed by atoms with Crippen LogP contribution in [0.25, 0.3) is 22.1 Å². The Hall–Kier alpha value is -3.87. The third-order valence-corrected chi connectivity index (χ3v) is 6.05. The minimum atomic E-state index is 0.132. The Kier molecular flexibility index (Phi) is 3.74. The lowest BCUT2D eigenvalue weighted by Crippen LogP contribution is -2.40. The molecule has 5 aromatic rings. The van der Waals surface area contributed by atoms with Gasteiger partial charge in [0.1, 0.15) is 6.04 Å². The molecule has 5 N–H and O–H groups in total. The average Bonchev–Trinajstić information content (AvgIpc) is 3.39. The van der Waals surface area contributed by atoms with E-state index in [1.54, 1.807) is 6.33 Å². The molecule has 1 atom stereocenters. The van der Waals surface area contributed by atoms with Crippen LogP contribution in [0.3, 0.4) is 0 Å². The Labute approximate surface area is 173 Å².